The molecule has 106 valence electrons. The van der Waals surface area contributed by atoms with Crippen molar-refractivity contribution < 1.29 is 18.7 Å². The van der Waals surface area contributed by atoms with Gasteiger partial charge in [-0.2, -0.15) is 0 Å². The van der Waals surface area contributed by atoms with Crippen LogP contribution in [0.4, 0.5) is 8.78 Å². The van der Waals surface area contributed by atoms with E-state index in [2.05, 4.69) is 0 Å². The highest BCUT2D eigenvalue weighted by Gasteiger charge is 2.40. The first-order valence-electron chi connectivity index (χ1n) is 5.59. The third-order valence-electron chi connectivity index (χ3n) is 2.65. The molecule has 1 N–H and O–H groups in total. The molecule has 1 aromatic carbocycles. The van der Waals surface area contributed by atoms with Crippen LogP contribution in [0.5, 0.6) is 0 Å². The lowest BCUT2D eigenvalue weighted by Crippen LogP contribution is -2.27. The Labute approximate surface area is 120 Å². The molecule has 0 fully saturated rings. The van der Waals surface area contributed by atoms with Gasteiger partial charge in [-0.15, -0.1) is 0 Å². The maximum absolute atomic E-state index is 14.2. The fourth-order valence-corrected chi connectivity index (χ4v) is 2.37. The average molecular weight is 311 g/mol. The standard InChI is InChI=1S/C13H14Cl2F2O2/c1-12(2,6-11(18)19)7-13(16,17)9-5-8(14)3-4-10(9)15/h3-5H,6-7H2,1-2H3,(H,18,19). The molecule has 0 atom stereocenters. The van der Waals surface area contributed by atoms with E-state index in [-0.39, 0.29) is 22.0 Å². The number of halogens is 4. The predicted octanol–water partition coefficient (Wildman–Crippen LogP) is 4.98. The Bertz CT molecular complexity index is 488. The number of carboxylic acid groups (broad SMARTS) is 1. The van der Waals surface area contributed by atoms with Crippen LogP contribution in [0.2, 0.25) is 10.0 Å². The number of carboxylic acids is 1. The lowest BCUT2D eigenvalue weighted by atomic mass is 9.81. The second-order valence-corrected chi connectivity index (χ2v) is 6.08. The molecule has 1 rings (SSSR count). The lowest BCUT2D eigenvalue weighted by molar-refractivity contribution is -0.140. The van der Waals surface area contributed by atoms with Gasteiger partial charge in [0.15, 0.2) is 0 Å². The highest BCUT2D eigenvalue weighted by molar-refractivity contribution is 6.33. The van der Waals surface area contributed by atoms with E-state index < -0.39 is 23.7 Å². The maximum atomic E-state index is 14.2. The SMILES string of the molecule is CC(C)(CC(=O)O)CC(F)(F)c1cc(Cl)ccc1Cl. The second kappa shape index (κ2) is 5.63. The number of hydrogen-bond acceptors (Lipinski definition) is 1. The molecule has 0 radical (unpaired) electrons. The molecule has 0 saturated carbocycles. The molecule has 0 unspecified atom stereocenters. The summed E-state index contributed by atoms with van der Waals surface area (Å²) in [5, 5.41) is 8.80. The molecule has 0 amide bonds. The normalized spacial score (nSPS) is 12.5. The molecule has 0 aliphatic heterocycles. The third kappa shape index (κ3) is 4.62. The zero-order valence-corrected chi connectivity index (χ0v) is 12.0. The summed E-state index contributed by atoms with van der Waals surface area (Å²) >= 11 is 11.5. The van der Waals surface area contributed by atoms with Crippen LogP contribution in [0, 0.1) is 5.41 Å². The highest BCUT2D eigenvalue weighted by Crippen LogP contribution is 2.44. The minimum atomic E-state index is -3.24. The zero-order valence-electron chi connectivity index (χ0n) is 10.5. The number of benzene rings is 1. The smallest absolute Gasteiger partial charge is 0.303 e. The van der Waals surface area contributed by atoms with Crippen LogP contribution in [0.1, 0.15) is 32.3 Å². The molecule has 0 aliphatic carbocycles. The summed E-state index contributed by atoms with van der Waals surface area (Å²) in [4.78, 5) is 10.7. The van der Waals surface area contributed by atoms with Gasteiger partial charge in [-0.05, 0) is 23.6 Å². The summed E-state index contributed by atoms with van der Waals surface area (Å²) in [7, 11) is 0. The van der Waals surface area contributed by atoms with Gasteiger partial charge in [0.25, 0.3) is 5.92 Å². The maximum Gasteiger partial charge on any atom is 0.303 e. The third-order valence-corrected chi connectivity index (χ3v) is 3.22. The first kappa shape index (κ1) is 16.2. The van der Waals surface area contributed by atoms with Crippen molar-refractivity contribution in [2.75, 3.05) is 0 Å². The Balaban J connectivity index is 3.03. The minimum absolute atomic E-state index is 0.0828. The highest BCUT2D eigenvalue weighted by atomic mass is 35.5. The van der Waals surface area contributed by atoms with Gasteiger partial charge in [-0.25, -0.2) is 8.78 Å². The van der Waals surface area contributed by atoms with Gasteiger partial charge in [0.2, 0.25) is 0 Å². The van der Waals surface area contributed by atoms with Crippen molar-refractivity contribution in [3.8, 4) is 0 Å². The van der Waals surface area contributed by atoms with E-state index in [1.807, 2.05) is 0 Å². The van der Waals surface area contributed by atoms with E-state index in [0.29, 0.717) is 0 Å². The molecule has 19 heavy (non-hydrogen) atoms. The van der Waals surface area contributed by atoms with Crippen LogP contribution in [0.25, 0.3) is 0 Å². The quantitative estimate of drug-likeness (QED) is 0.833. The van der Waals surface area contributed by atoms with Gasteiger partial charge in [-0.3, -0.25) is 4.79 Å². The number of aliphatic carboxylic acids is 1. The Kier molecular flexibility index (Phi) is 4.80. The van der Waals surface area contributed by atoms with Crippen molar-refractivity contribution in [3.05, 3.63) is 33.8 Å². The molecule has 0 heterocycles. The number of carbonyl (C=O) groups is 1. The Morgan fingerprint density at radius 1 is 1.32 bits per heavy atom. The molecule has 6 heteroatoms. The van der Waals surface area contributed by atoms with Gasteiger partial charge >= 0.3 is 5.97 Å². The van der Waals surface area contributed by atoms with Gasteiger partial charge in [-0.1, -0.05) is 37.0 Å². The van der Waals surface area contributed by atoms with Crippen molar-refractivity contribution in [3.63, 3.8) is 0 Å². The fraction of sp³-hybridized carbons (Fsp3) is 0.462. The monoisotopic (exact) mass is 310 g/mol. The van der Waals surface area contributed by atoms with E-state index in [9.17, 15) is 13.6 Å². The summed E-state index contributed by atoms with van der Waals surface area (Å²) < 4.78 is 28.4. The summed E-state index contributed by atoms with van der Waals surface area (Å²) in [6.07, 6.45) is -0.965. The topological polar surface area (TPSA) is 37.3 Å². The van der Waals surface area contributed by atoms with E-state index in [4.69, 9.17) is 28.3 Å². The van der Waals surface area contributed by atoms with Crippen molar-refractivity contribution in [2.24, 2.45) is 5.41 Å². The van der Waals surface area contributed by atoms with Gasteiger partial charge < -0.3 is 5.11 Å². The number of alkyl halides is 2. The van der Waals surface area contributed by atoms with Gasteiger partial charge in [0.1, 0.15) is 0 Å². The van der Waals surface area contributed by atoms with E-state index >= 15 is 0 Å². The Morgan fingerprint density at radius 3 is 2.42 bits per heavy atom. The molecule has 2 nitrogen and oxygen atoms in total. The molecule has 0 aromatic heterocycles. The Hall–Kier alpha value is -0.870. The van der Waals surface area contributed by atoms with E-state index in [0.717, 1.165) is 6.07 Å². The van der Waals surface area contributed by atoms with Crippen molar-refractivity contribution >= 4 is 29.2 Å². The Morgan fingerprint density at radius 2 is 1.89 bits per heavy atom. The fourth-order valence-electron chi connectivity index (χ4n) is 1.95. The number of hydrogen-bond donors (Lipinski definition) is 1. The summed E-state index contributed by atoms with van der Waals surface area (Å²) in [5.41, 5.74) is -1.43. The van der Waals surface area contributed by atoms with Crippen molar-refractivity contribution in [1.82, 2.24) is 0 Å². The molecule has 0 spiro atoms. The van der Waals surface area contributed by atoms with Crippen LogP contribution in [-0.2, 0) is 10.7 Å². The average Bonchev–Trinajstić information content (AvgIpc) is 2.17. The lowest BCUT2D eigenvalue weighted by Gasteiger charge is -2.29. The number of rotatable bonds is 5. The molecular weight excluding hydrogens is 297 g/mol. The summed E-state index contributed by atoms with van der Waals surface area (Å²) in [5.74, 6) is -4.35. The van der Waals surface area contributed by atoms with Gasteiger partial charge in [0, 0.05) is 22.0 Å². The molecule has 1 aromatic rings. The van der Waals surface area contributed by atoms with Crippen LogP contribution in [0.3, 0.4) is 0 Å². The van der Waals surface area contributed by atoms with E-state index in [1.165, 1.54) is 26.0 Å². The van der Waals surface area contributed by atoms with Crippen LogP contribution in [-0.4, -0.2) is 11.1 Å². The largest absolute Gasteiger partial charge is 0.481 e. The second-order valence-electron chi connectivity index (χ2n) is 5.24. The molecule has 0 aliphatic rings. The van der Waals surface area contributed by atoms with Crippen LogP contribution in [0.15, 0.2) is 18.2 Å². The van der Waals surface area contributed by atoms with Crippen molar-refractivity contribution in [2.45, 2.75) is 32.6 Å². The first-order chi connectivity index (χ1) is 8.53. The van der Waals surface area contributed by atoms with Crippen molar-refractivity contribution in [1.29, 1.82) is 0 Å². The zero-order chi connectivity index (χ0) is 14.8. The van der Waals surface area contributed by atoms with Crippen LogP contribution < -0.4 is 0 Å². The first-order valence-corrected chi connectivity index (χ1v) is 6.34. The molecule has 0 bridgehead atoms. The summed E-state index contributed by atoms with van der Waals surface area (Å²) in [6.45, 7) is 2.96. The molecular formula is C13H14Cl2F2O2. The van der Waals surface area contributed by atoms with Gasteiger partial charge in [0.05, 0.1) is 6.42 Å². The minimum Gasteiger partial charge on any atom is -0.481 e. The summed E-state index contributed by atoms with van der Waals surface area (Å²) in [6, 6.07) is 3.84. The predicted molar refractivity (Wildman–Crippen MR) is 71.0 cm³/mol. The molecule has 0 saturated heterocycles. The van der Waals surface area contributed by atoms with E-state index in [1.54, 1.807) is 0 Å². The van der Waals surface area contributed by atoms with Crippen LogP contribution >= 0.6 is 23.2 Å².